The number of aliphatic hydroxyl groups is 1. The summed E-state index contributed by atoms with van der Waals surface area (Å²) in [5.74, 6) is 0. The maximum atomic E-state index is 10.2. The van der Waals surface area contributed by atoms with Gasteiger partial charge in [0, 0.05) is 5.69 Å². The van der Waals surface area contributed by atoms with E-state index in [1.54, 1.807) is 0 Å². The Labute approximate surface area is 108 Å². The van der Waals surface area contributed by atoms with E-state index < -0.39 is 6.10 Å². The van der Waals surface area contributed by atoms with Crippen LogP contribution in [-0.4, -0.2) is 14.9 Å². The Bertz CT molecular complexity index is 514. The Morgan fingerprint density at radius 3 is 2.39 bits per heavy atom. The molecule has 3 nitrogen and oxygen atoms in total. The van der Waals surface area contributed by atoms with E-state index in [1.807, 2.05) is 36.7 Å². The molecule has 0 bridgehead atoms. The van der Waals surface area contributed by atoms with E-state index in [0.717, 1.165) is 23.4 Å². The molecule has 1 aromatic heterocycles. The van der Waals surface area contributed by atoms with Crippen molar-refractivity contribution in [3.05, 3.63) is 52.8 Å². The van der Waals surface area contributed by atoms with Gasteiger partial charge in [-0.2, -0.15) is 5.10 Å². The predicted octanol–water partition coefficient (Wildman–Crippen LogP) is 2.80. The number of aryl methyl sites for hydroxylation is 3. The van der Waals surface area contributed by atoms with E-state index in [1.165, 1.54) is 5.56 Å². The van der Waals surface area contributed by atoms with Gasteiger partial charge in [0.05, 0.1) is 18.3 Å². The van der Waals surface area contributed by atoms with Crippen molar-refractivity contribution < 1.29 is 5.11 Å². The van der Waals surface area contributed by atoms with Crippen LogP contribution in [0.4, 0.5) is 0 Å². The number of hydrogen-bond donors (Lipinski definition) is 1. The molecule has 1 heterocycles. The van der Waals surface area contributed by atoms with Crippen LogP contribution in [0.5, 0.6) is 0 Å². The highest BCUT2D eigenvalue weighted by atomic mass is 16.3. The van der Waals surface area contributed by atoms with Crippen LogP contribution in [0.15, 0.2) is 30.3 Å². The van der Waals surface area contributed by atoms with Crippen molar-refractivity contribution in [2.45, 2.75) is 39.8 Å². The lowest BCUT2D eigenvalue weighted by Crippen LogP contribution is -2.11. The normalized spacial score (nSPS) is 12.7. The predicted molar refractivity (Wildman–Crippen MR) is 72.5 cm³/mol. The summed E-state index contributed by atoms with van der Waals surface area (Å²) in [5, 5.41) is 14.6. The van der Waals surface area contributed by atoms with Gasteiger partial charge in [0.1, 0.15) is 0 Å². The van der Waals surface area contributed by atoms with Gasteiger partial charge in [-0.05, 0) is 37.5 Å². The monoisotopic (exact) mass is 244 g/mol. The summed E-state index contributed by atoms with van der Waals surface area (Å²) >= 11 is 0. The zero-order chi connectivity index (χ0) is 13.1. The molecule has 0 saturated heterocycles. The van der Waals surface area contributed by atoms with Crippen molar-refractivity contribution in [3.63, 3.8) is 0 Å². The number of hydrogen-bond acceptors (Lipinski definition) is 2. The maximum absolute atomic E-state index is 10.2. The molecule has 3 heteroatoms. The molecule has 0 saturated carbocycles. The van der Waals surface area contributed by atoms with Crippen LogP contribution in [0.25, 0.3) is 0 Å². The van der Waals surface area contributed by atoms with Gasteiger partial charge in [0.15, 0.2) is 0 Å². The van der Waals surface area contributed by atoms with Crippen LogP contribution in [-0.2, 0) is 13.0 Å². The Balaban J connectivity index is 2.11. The van der Waals surface area contributed by atoms with Crippen LogP contribution in [0, 0.1) is 13.8 Å². The standard InChI is InChI=1S/C15H20N2O/c1-4-13-5-7-14(8-6-13)15(18)10-17-12(3)9-11(2)16-17/h5-9,15,18H,4,10H2,1-3H3. The molecule has 18 heavy (non-hydrogen) atoms. The molecule has 2 aromatic rings. The number of nitrogens with zero attached hydrogens (tertiary/aromatic N) is 2. The minimum atomic E-state index is -0.506. The molecule has 1 atom stereocenters. The van der Waals surface area contributed by atoms with Gasteiger partial charge in [0.2, 0.25) is 0 Å². The van der Waals surface area contributed by atoms with Crippen molar-refractivity contribution >= 4 is 0 Å². The first kappa shape index (κ1) is 12.8. The first-order chi connectivity index (χ1) is 8.60. The molecule has 0 fully saturated rings. The van der Waals surface area contributed by atoms with E-state index in [4.69, 9.17) is 0 Å². The fraction of sp³-hybridized carbons (Fsp3) is 0.400. The van der Waals surface area contributed by atoms with Crippen LogP contribution in [0.2, 0.25) is 0 Å². The van der Waals surface area contributed by atoms with Gasteiger partial charge in [0.25, 0.3) is 0 Å². The van der Waals surface area contributed by atoms with E-state index in [9.17, 15) is 5.11 Å². The zero-order valence-corrected chi connectivity index (χ0v) is 11.2. The molecule has 0 spiro atoms. The Kier molecular flexibility index (Phi) is 3.82. The summed E-state index contributed by atoms with van der Waals surface area (Å²) in [4.78, 5) is 0. The van der Waals surface area contributed by atoms with Crippen LogP contribution in [0.3, 0.4) is 0 Å². The third kappa shape index (κ3) is 2.79. The van der Waals surface area contributed by atoms with Gasteiger partial charge < -0.3 is 5.11 Å². The molecule has 1 unspecified atom stereocenters. The Morgan fingerprint density at radius 2 is 1.89 bits per heavy atom. The second kappa shape index (κ2) is 5.36. The lowest BCUT2D eigenvalue weighted by molar-refractivity contribution is 0.150. The molecule has 96 valence electrons. The lowest BCUT2D eigenvalue weighted by atomic mass is 10.1. The van der Waals surface area contributed by atoms with Crippen molar-refractivity contribution in [1.29, 1.82) is 0 Å². The van der Waals surface area contributed by atoms with Gasteiger partial charge in [-0.25, -0.2) is 0 Å². The second-order valence-corrected chi connectivity index (χ2v) is 4.72. The third-order valence-electron chi connectivity index (χ3n) is 3.22. The van der Waals surface area contributed by atoms with Gasteiger partial charge >= 0.3 is 0 Å². The third-order valence-corrected chi connectivity index (χ3v) is 3.22. The molecule has 0 radical (unpaired) electrons. The quantitative estimate of drug-likeness (QED) is 0.898. The van der Waals surface area contributed by atoms with E-state index >= 15 is 0 Å². The largest absolute Gasteiger partial charge is 0.386 e. The molecule has 0 aliphatic carbocycles. The fourth-order valence-corrected chi connectivity index (χ4v) is 2.10. The first-order valence-corrected chi connectivity index (χ1v) is 6.38. The summed E-state index contributed by atoms with van der Waals surface area (Å²) in [6.45, 7) is 6.60. The SMILES string of the molecule is CCc1ccc(C(O)Cn2nc(C)cc2C)cc1. The summed E-state index contributed by atoms with van der Waals surface area (Å²) in [7, 11) is 0. The molecule has 0 amide bonds. The minimum absolute atomic E-state index is 0.505. The van der Waals surface area contributed by atoms with Crippen molar-refractivity contribution in [1.82, 2.24) is 9.78 Å². The summed E-state index contributed by atoms with van der Waals surface area (Å²) < 4.78 is 1.85. The molecule has 2 rings (SSSR count). The zero-order valence-electron chi connectivity index (χ0n) is 11.2. The topological polar surface area (TPSA) is 38.0 Å². The molecule has 0 aliphatic heterocycles. The fourth-order valence-electron chi connectivity index (χ4n) is 2.10. The number of benzene rings is 1. The molecular formula is C15H20N2O. The minimum Gasteiger partial charge on any atom is -0.386 e. The summed E-state index contributed by atoms with van der Waals surface area (Å²) in [6.07, 6.45) is 0.516. The van der Waals surface area contributed by atoms with Crippen LogP contribution in [0.1, 0.15) is 35.5 Å². The Morgan fingerprint density at radius 1 is 1.22 bits per heavy atom. The molecule has 1 aromatic carbocycles. The van der Waals surface area contributed by atoms with Crippen LogP contribution < -0.4 is 0 Å². The summed E-state index contributed by atoms with van der Waals surface area (Å²) in [5.41, 5.74) is 4.30. The molecule has 0 aliphatic rings. The van der Waals surface area contributed by atoms with Gasteiger partial charge in [-0.15, -0.1) is 0 Å². The number of rotatable bonds is 4. The highest BCUT2D eigenvalue weighted by molar-refractivity contribution is 5.24. The van der Waals surface area contributed by atoms with Crippen molar-refractivity contribution in [3.8, 4) is 0 Å². The van der Waals surface area contributed by atoms with Crippen molar-refractivity contribution in [2.24, 2.45) is 0 Å². The van der Waals surface area contributed by atoms with E-state index in [0.29, 0.717) is 6.54 Å². The van der Waals surface area contributed by atoms with Crippen LogP contribution >= 0.6 is 0 Å². The molecular weight excluding hydrogens is 224 g/mol. The second-order valence-electron chi connectivity index (χ2n) is 4.72. The summed E-state index contributed by atoms with van der Waals surface area (Å²) in [6, 6.07) is 10.1. The average molecular weight is 244 g/mol. The average Bonchev–Trinajstić information content (AvgIpc) is 2.68. The maximum Gasteiger partial charge on any atom is 0.0985 e. The number of aromatic nitrogens is 2. The number of aliphatic hydroxyl groups excluding tert-OH is 1. The van der Waals surface area contributed by atoms with Gasteiger partial charge in [-0.1, -0.05) is 31.2 Å². The Hall–Kier alpha value is -1.61. The van der Waals surface area contributed by atoms with Crippen molar-refractivity contribution in [2.75, 3.05) is 0 Å². The van der Waals surface area contributed by atoms with Gasteiger partial charge in [-0.3, -0.25) is 4.68 Å². The first-order valence-electron chi connectivity index (χ1n) is 6.38. The molecule has 1 N–H and O–H groups in total. The smallest absolute Gasteiger partial charge is 0.0985 e. The lowest BCUT2D eigenvalue weighted by Gasteiger charge is -2.13. The highest BCUT2D eigenvalue weighted by Crippen LogP contribution is 2.17. The van der Waals surface area contributed by atoms with E-state index in [-0.39, 0.29) is 0 Å². The highest BCUT2D eigenvalue weighted by Gasteiger charge is 2.10. The van der Waals surface area contributed by atoms with E-state index in [2.05, 4.69) is 24.2 Å².